The Balaban J connectivity index is 1.85. The van der Waals surface area contributed by atoms with Crippen LogP contribution in [0.4, 0.5) is 0 Å². The minimum absolute atomic E-state index is 0.0128. The number of phenolic OH excluding ortho intramolecular Hbond substituents is 2. The van der Waals surface area contributed by atoms with Crippen LogP contribution >= 0.6 is 23.2 Å². The standard InChI is InChI=1S/C27H22Cl2O2/c1-2-21(19-13-22(26(30)24(28)15-19)17-9-5-3-6-10-17)20-14-23(27(31)25(29)16-20)18-11-7-4-8-12-18/h3-16,21,30-31H,2H2,1H3. The molecule has 4 aromatic carbocycles. The average molecular weight is 449 g/mol. The quantitative estimate of drug-likeness (QED) is 0.322. The fourth-order valence-corrected chi connectivity index (χ4v) is 4.44. The van der Waals surface area contributed by atoms with Crippen molar-refractivity contribution in [2.45, 2.75) is 19.3 Å². The summed E-state index contributed by atoms with van der Waals surface area (Å²) in [7, 11) is 0. The van der Waals surface area contributed by atoms with Gasteiger partial charge in [0.1, 0.15) is 11.5 Å². The van der Waals surface area contributed by atoms with Crippen molar-refractivity contribution < 1.29 is 10.2 Å². The molecule has 0 aromatic heterocycles. The molecule has 0 unspecified atom stereocenters. The van der Waals surface area contributed by atoms with Crippen LogP contribution in [-0.2, 0) is 0 Å². The van der Waals surface area contributed by atoms with Crippen molar-refractivity contribution in [3.63, 3.8) is 0 Å². The molecular formula is C27H22Cl2O2. The molecule has 31 heavy (non-hydrogen) atoms. The summed E-state index contributed by atoms with van der Waals surface area (Å²) >= 11 is 12.8. The van der Waals surface area contributed by atoms with E-state index in [0.29, 0.717) is 21.2 Å². The van der Waals surface area contributed by atoms with Gasteiger partial charge in [0.05, 0.1) is 10.0 Å². The van der Waals surface area contributed by atoms with Crippen LogP contribution in [0.15, 0.2) is 84.9 Å². The molecule has 0 aliphatic heterocycles. The first kappa shape index (κ1) is 21.3. The molecule has 0 amide bonds. The number of hydrogen-bond acceptors (Lipinski definition) is 2. The minimum atomic E-state index is -0.0128. The van der Waals surface area contributed by atoms with E-state index < -0.39 is 0 Å². The third-order valence-corrected chi connectivity index (χ3v) is 6.13. The molecule has 0 saturated carbocycles. The van der Waals surface area contributed by atoms with Crippen LogP contribution in [0.5, 0.6) is 11.5 Å². The lowest BCUT2D eigenvalue weighted by molar-refractivity contribution is 0.477. The number of halogens is 2. The molecule has 2 nitrogen and oxygen atoms in total. The van der Waals surface area contributed by atoms with Crippen LogP contribution < -0.4 is 0 Å². The maximum atomic E-state index is 10.6. The van der Waals surface area contributed by atoms with E-state index >= 15 is 0 Å². The van der Waals surface area contributed by atoms with Crippen molar-refractivity contribution >= 4 is 23.2 Å². The molecule has 156 valence electrons. The van der Waals surface area contributed by atoms with Crippen molar-refractivity contribution in [2.75, 3.05) is 0 Å². The van der Waals surface area contributed by atoms with Crippen LogP contribution in [0.1, 0.15) is 30.4 Å². The summed E-state index contributed by atoms with van der Waals surface area (Å²) in [6, 6.07) is 26.9. The van der Waals surface area contributed by atoms with Gasteiger partial charge in [-0.3, -0.25) is 0 Å². The summed E-state index contributed by atoms with van der Waals surface area (Å²) in [5.41, 5.74) is 5.12. The third-order valence-electron chi connectivity index (χ3n) is 5.55. The molecule has 0 heterocycles. The van der Waals surface area contributed by atoms with E-state index in [9.17, 15) is 10.2 Å². The zero-order valence-corrected chi connectivity index (χ0v) is 18.5. The van der Waals surface area contributed by atoms with Crippen LogP contribution in [0, 0.1) is 0 Å². The summed E-state index contributed by atoms with van der Waals surface area (Å²) in [4.78, 5) is 0. The Kier molecular flexibility index (Phi) is 6.22. The predicted molar refractivity (Wildman–Crippen MR) is 129 cm³/mol. The Morgan fingerprint density at radius 1 is 0.645 bits per heavy atom. The SMILES string of the molecule is CCC(c1cc(Cl)c(O)c(-c2ccccc2)c1)c1cc(Cl)c(O)c(-c2ccccc2)c1. The van der Waals surface area contributed by atoms with Crippen LogP contribution in [0.25, 0.3) is 22.3 Å². The molecule has 4 rings (SSSR count). The summed E-state index contributed by atoms with van der Waals surface area (Å²) in [6.45, 7) is 2.09. The minimum Gasteiger partial charge on any atom is -0.506 e. The van der Waals surface area contributed by atoms with Gasteiger partial charge in [0.15, 0.2) is 0 Å². The second-order valence-electron chi connectivity index (χ2n) is 7.49. The van der Waals surface area contributed by atoms with Gasteiger partial charge in [-0.2, -0.15) is 0 Å². The molecule has 0 saturated heterocycles. The van der Waals surface area contributed by atoms with Crippen LogP contribution in [0.2, 0.25) is 10.0 Å². The lowest BCUT2D eigenvalue weighted by atomic mass is 9.85. The number of aromatic hydroxyl groups is 2. The Hall–Kier alpha value is -2.94. The Morgan fingerprint density at radius 3 is 1.39 bits per heavy atom. The second-order valence-corrected chi connectivity index (χ2v) is 8.31. The highest BCUT2D eigenvalue weighted by Crippen LogP contribution is 2.43. The highest BCUT2D eigenvalue weighted by atomic mass is 35.5. The molecule has 0 fully saturated rings. The average Bonchev–Trinajstić information content (AvgIpc) is 2.80. The zero-order valence-electron chi connectivity index (χ0n) is 17.0. The molecule has 0 spiro atoms. The molecular weight excluding hydrogens is 427 g/mol. The third kappa shape index (κ3) is 4.27. The molecule has 4 heteroatoms. The Morgan fingerprint density at radius 2 is 1.03 bits per heavy atom. The first-order chi connectivity index (χ1) is 15.0. The largest absolute Gasteiger partial charge is 0.506 e. The molecule has 0 atom stereocenters. The van der Waals surface area contributed by atoms with E-state index in [1.54, 1.807) is 12.1 Å². The first-order valence-electron chi connectivity index (χ1n) is 10.1. The van der Waals surface area contributed by atoms with Crippen molar-refractivity contribution in [1.82, 2.24) is 0 Å². The molecule has 0 aliphatic rings. The first-order valence-corrected chi connectivity index (χ1v) is 10.9. The number of phenols is 2. The lowest BCUT2D eigenvalue weighted by Crippen LogP contribution is -2.01. The summed E-state index contributed by atoms with van der Waals surface area (Å²) in [6.07, 6.45) is 0.796. The van der Waals surface area contributed by atoms with E-state index in [1.165, 1.54) is 0 Å². The number of rotatable bonds is 5. The van der Waals surface area contributed by atoms with Gasteiger partial charge in [-0.05, 0) is 52.9 Å². The maximum Gasteiger partial charge on any atom is 0.142 e. The molecule has 4 aromatic rings. The predicted octanol–water partition coefficient (Wildman–Crippen LogP) is 8.28. The lowest BCUT2D eigenvalue weighted by Gasteiger charge is -2.20. The Bertz CT molecular complexity index is 1110. The smallest absolute Gasteiger partial charge is 0.142 e. The van der Waals surface area contributed by atoms with Crippen molar-refractivity contribution in [1.29, 1.82) is 0 Å². The molecule has 0 radical (unpaired) electrons. The summed E-state index contributed by atoms with van der Waals surface area (Å²) < 4.78 is 0. The van der Waals surface area contributed by atoms with Crippen molar-refractivity contribution in [3.8, 4) is 33.8 Å². The molecule has 2 N–H and O–H groups in total. The van der Waals surface area contributed by atoms with Gasteiger partial charge in [-0.15, -0.1) is 0 Å². The second kappa shape index (κ2) is 9.05. The van der Waals surface area contributed by atoms with Gasteiger partial charge < -0.3 is 10.2 Å². The van der Waals surface area contributed by atoms with Gasteiger partial charge in [0, 0.05) is 17.0 Å². The van der Waals surface area contributed by atoms with Crippen molar-refractivity contribution in [3.05, 3.63) is 106 Å². The highest BCUT2D eigenvalue weighted by molar-refractivity contribution is 6.33. The van der Waals surface area contributed by atoms with E-state index in [-0.39, 0.29) is 17.4 Å². The maximum absolute atomic E-state index is 10.6. The van der Waals surface area contributed by atoms with E-state index in [2.05, 4.69) is 6.92 Å². The summed E-state index contributed by atoms with van der Waals surface area (Å²) in [5.74, 6) is 0.126. The zero-order chi connectivity index (χ0) is 22.0. The van der Waals surface area contributed by atoms with Gasteiger partial charge >= 0.3 is 0 Å². The van der Waals surface area contributed by atoms with Gasteiger partial charge in [-0.25, -0.2) is 0 Å². The van der Waals surface area contributed by atoms with Crippen LogP contribution in [0.3, 0.4) is 0 Å². The number of hydrogen-bond donors (Lipinski definition) is 2. The van der Waals surface area contributed by atoms with Gasteiger partial charge in [0.2, 0.25) is 0 Å². The molecule has 0 aliphatic carbocycles. The monoisotopic (exact) mass is 448 g/mol. The van der Waals surface area contributed by atoms with E-state index in [4.69, 9.17) is 23.2 Å². The van der Waals surface area contributed by atoms with Gasteiger partial charge in [-0.1, -0.05) is 90.8 Å². The van der Waals surface area contributed by atoms with Crippen LogP contribution in [-0.4, -0.2) is 10.2 Å². The Labute approximate surface area is 192 Å². The van der Waals surface area contributed by atoms with E-state index in [1.807, 2.05) is 72.8 Å². The summed E-state index contributed by atoms with van der Waals surface area (Å²) in [5, 5.41) is 21.8. The normalized spacial score (nSPS) is 11.1. The van der Waals surface area contributed by atoms with Gasteiger partial charge in [0.25, 0.3) is 0 Å². The molecule has 0 bridgehead atoms. The fraction of sp³-hybridized carbons (Fsp3) is 0.111. The highest BCUT2D eigenvalue weighted by Gasteiger charge is 2.20. The van der Waals surface area contributed by atoms with Crippen molar-refractivity contribution in [2.24, 2.45) is 0 Å². The topological polar surface area (TPSA) is 40.5 Å². The number of benzene rings is 4. The fourth-order valence-electron chi connectivity index (χ4n) is 3.98. The van der Waals surface area contributed by atoms with E-state index in [0.717, 1.165) is 28.7 Å².